The van der Waals surface area contributed by atoms with Crippen molar-refractivity contribution in [3.63, 3.8) is 0 Å². The van der Waals surface area contributed by atoms with E-state index in [9.17, 15) is 4.79 Å². The second-order valence-corrected chi connectivity index (χ2v) is 7.35. The summed E-state index contributed by atoms with van der Waals surface area (Å²) in [5.74, 6) is 1.03. The number of likely N-dealkylation sites (tertiary alicyclic amines) is 1. The average molecular weight is 378 g/mol. The third kappa shape index (κ3) is 3.35. The van der Waals surface area contributed by atoms with Crippen LogP contribution in [0.15, 0.2) is 30.3 Å². The van der Waals surface area contributed by atoms with E-state index in [4.69, 9.17) is 14.8 Å². The van der Waals surface area contributed by atoms with Crippen molar-refractivity contribution in [2.75, 3.05) is 20.2 Å². The highest BCUT2D eigenvalue weighted by Gasteiger charge is 2.20. The number of hydrogen-bond acceptors (Lipinski definition) is 4. The van der Waals surface area contributed by atoms with Gasteiger partial charge in [0, 0.05) is 42.5 Å². The highest BCUT2D eigenvalue weighted by Crippen LogP contribution is 2.30. The molecule has 0 N–H and O–H groups in total. The number of hydrogen-bond donors (Lipinski definition) is 0. The fraction of sp³-hybridized carbons (Fsp3) is 0.409. The minimum atomic E-state index is 0.242. The number of ether oxygens (including phenoxy) is 1. The van der Waals surface area contributed by atoms with Gasteiger partial charge in [-0.15, -0.1) is 0 Å². The number of methoxy groups -OCH3 is 1. The summed E-state index contributed by atoms with van der Waals surface area (Å²) < 4.78 is 7.35. The lowest BCUT2D eigenvalue weighted by molar-refractivity contribution is -0.130. The molecular weight excluding hydrogens is 352 g/mol. The Balaban J connectivity index is 1.65. The molecule has 0 radical (unpaired) electrons. The number of amides is 1. The van der Waals surface area contributed by atoms with Gasteiger partial charge in [-0.1, -0.05) is 12.1 Å². The van der Waals surface area contributed by atoms with E-state index in [1.54, 1.807) is 7.11 Å². The smallest absolute Gasteiger partial charge is 0.222 e. The third-order valence-electron chi connectivity index (χ3n) is 5.59. The summed E-state index contributed by atoms with van der Waals surface area (Å²) in [6, 6.07) is 9.83. The van der Waals surface area contributed by atoms with Crippen LogP contribution in [0.5, 0.6) is 5.75 Å². The zero-order valence-corrected chi connectivity index (χ0v) is 16.7. The molecule has 4 rings (SSSR count). The zero-order chi connectivity index (χ0) is 19.7. The van der Waals surface area contributed by atoms with Crippen molar-refractivity contribution in [3.8, 4) is 17.0 Å². The number of para-hydroxylation sites is 1. The first-order valence-electron chi connectivity index (χ1n) is 9.85. The van der Waals surface area contributed by atoms with Crippen LogP contribution < -0.4 is 4.74 Å². The van der Waals surface area contributed by atoms with Crippen molar-refractivity contribution in [1.29, 1.82) is 0 Å². The first-order chi connectivity index (χ1) is 13.6. The summed E-state index contributed by atoms with van der Waals surface area (Å²) in [4.78, 5) is 19.2. The number of benzene rings is 1. The molecule has 2 aromatic heterocycles. The van der Waals surface area contributed by atoms with Crippen LogP contribution in [0.1, 0.15) is 36.2 Å². The molecule has 0 unspecified atom stereocenters. The number of aromatic nitrogens is 3. The second kappa shape index (κ2) is 7.62. The van der Waals surface area contributed by atoms with E-state index < -0.39 is 0 Å². The van der Waals surface area contributed by atoms with Crippen LogP contribution >= 0.6 is 0 Å². The molecule has 3 heterocycles. The SMILES string of the molecule is COc1ccccc1-c1cc2nc(C)c(CCC(=O)N3CCCC3)c(C)n2n1. The maximum absolute atomic E-state index is 12.4. The number of carbonyl (C=O) groups excluding carboxylic acids is 1. The van der Waals surface area contributed by atoms with Gasteiger partial charge in [0.15, 0.2) is 5.65 Å². The Morgan fingerprint density at radius 2 is 1.93 bits per heavy atom. The first-order valence-corrected chi connectivity index (χ1v) is 9.85. The number of fused-ring (bicyclic) bond motifs is 1. The standard InChI is InChI=1S/C22H26N4O2/c1-15-17(10-11-22(27)25-12-6-7-13-25)16(2)26-21(23-15)14-19(24-26)18-8-4-5-9-20(18)28-3/h4-5,8-9,14H,6-7,10-13H2,1-3H3. The van der Waals surface area contributed by atoms with Crippen molar-refractivity contribution >= 4 is 11.6 Å². The molecule has 28 heavy (non-hydrogen) atoms. The van der Waals surface area contributed by atoms with E-state index in [-0.39, 0.29) is 5.91 Å². The van der Waals surface area contributed by atoms with Gasteiger partial charge in [-0.3, -0.25) is 4.79 Å². The maximum Gasteiger partial charge on any atom is 0.222 e. The van der Waals surface area contributed by atoms with Crippen molar-refractivity contribution in [2.45, 2.75) is 39.5 Å². The van der Waals surface area contributed by atoms with Gasteiger partial charge < -0.3 is 9.64 Å². The summed E-state index contributed by atoms with van der Waals surface area (Å²) in [6.07, 6.45) is 3.46. The first kappa shape index (κ1) is 18.5. The van der Waals surface area contributed by atoms with E-state index in [1.165, 1.54) is 0 Å². The van der Waals surface area contributed by atoms with Gasteiger partial charge in [-0.25, -0.2) is 9.50 Å². The van der Waals surface area contributed by atoms with Crippen LogP contribution in [-0.2, 0) is 11.2 Å². The minimum absolute atomic E-state index is 0.242. The van der Waals surface area contributed by atoms with Crippen LogP contribution in [0.25, 0.3) is 16.9 Å². The lowest BCUT2D eigenvalue weighted by Gasteiger charge is -2.16. The maximum atomic E-state index is 12.4. The van der Waals surface area contributed by atoms with Gasteiger partial charge in [0.25, 0.3) is 0 Å². The normalized spacial score (nSPS) is 14.0. The van der Waals surface area contributed by atoms with E-state index in [1.807, 2.05) is 46.7 Å². The minimum Gasteiger partial charge on any atom is -0.496 e. The van der Waals surface area contributed by atoms with Crippen molar-refractivity contribution in [1.82, 2.24) is 19.5 Å². The van der Waals surface area contributed by atoms with Crippen LogP contribution in [0, 0.1) is 13.8 Å². The summed E-state index contributed by atoms with van der Waals surface area (Å²) in [5.41, 5.74) is 5.69. The van der Waals surface area contributed by atoms with E-state index >= 15 is 0 Å². The third-order valence-corrected chi connectivity index (χ3v) is 5.59. The molecule has 0 bridgehead atoms. The predicted octanol–water partition coefficient (Wildman–Crippen LogP) is 3.58. The Hall–Kier alpha value is -2.89. The number of carbonyl (C=O) groups is 1. The molecule has 0 atom stereocenters. The second-order valence-electron chi connectivity index (χ2n) is 7.35. The molecule has 1 aromatic carbocycles. The van der Waals surface area contributed by atoms with Crippen LogP contribution in [0.4, 0.5) is 0 Å². The summed E-state index contributed by atoms with van der Waals surface area (Å²) in [5, 5.41) is 4.78. The topological polar surface area (TPSA) is 59.7 Å². The lowest BCUT2D eigenvalue weighted by atomic mass is 10.1. The van der Waals surface area contributed by atoms with Crippen LogP contribution in [0.3, 0.4) is 0 Å². The largest absolute Gasteiger partial charge is 0.496 e. The van der Waals surface area contributed by atoms with Crippen molar-refractivity contribution in [3.05, 3.63) is 47.3 Å². The fourth-order valence-corrected chi connectivity index (χ4v) is 4.03. The predicted molar refractivity (Wildman–Crippen MR) is 109 cm³/mol. The van der Waals surface area contributed by atoms with Crippen LogP contribution in [0.2, 0.25) is 0 Å². The number of rotatable bonds is 5. The lowest BCUT2D eigenvalue weighted by Crippen LogP contribution is -2.28. The molecular formula is C22H26N4O2. The Labute approximate surface area is 165 Å². The molecule has 1 saturated heterocycles. The average Bonchev–Trinajstić information content (AvgIpc) is 3.37. The molecule has 0 spiro atoms. The Morgan fingerprint density at radius 1 is 1.18 bits per heavy atom. The molecule has 0 saturated carbocycles. The van der Waals surface area contributed by atoms with Gasteiger partial charge in [-0.2, -0.15) is 5.10 Å². The van der Waals surface area contributed by atoms with Gasteiger partial charge >= 0.3 is 0 Å². The molecule has 3 aromatic rings. The highest BCUT2D eigenvalue weighted by molar-refractivity contribution is 5.77. The quantitative estimate of drug-likeness (QED) is 0.681. The van der Waals surface area contributed by atoms with Crippen LogP contribution in [-0.4, -0.2) is 45.6 Å². The van der Waals surface area contributed by atoms with E-state index in [2.05, 4.69) is 6.92 Å². The van der Waals surface area contributed by atoms with E-state index in [0.29, 0.717) is 12.8 Å². The Kier molecular flexibility index (Phi) is 5.03. The number of nitrogens with zero attached hydrogens (tertiary/aromatic N) is 4. The van der Waals surface area contributed by atoms with Crippen molar-refractivity contribution in [2.24, 2.45) is 0 Å². The molecule has 146 valence electrons. The summed E-state index contributed by atoms with van der Waals surface area (Å²) >= 11 is 0. The summed E-state index contributed by atoms with van der Waals surface area (Å²) in [7, 11) is 1.66. The Morgan fingerprint density at radius 3 is 2.68 bits per heavy atom. The van der Waals surface area contributed by atoms with Crippen molar-refractivity contribution < 1.29 is 9.53 Å². The zero-order valence-electron chi connectivity index (χ0n) is 16.7. The molecule has 1 fully saturated rings. The van der Waals surface area contributed by atoms with E-state index in [0.717, 1.165) is 65.5 Å². The number of aryl methyl sites for hydroxylation is 2. The Bertz CT molecular complexity index is 1020. The molecule has 6 heteroatoms. The molecule has 1 aliphatic heterocycles. The van der Waals surface area contributed by atoms with Gasteiger partial charge in [-0.05, 0) is 50.8 Å². The molecule has 1 amide bonds. The molecule has 6 nitrogen and oxygen atoms in total. The van der Waals surface area contributed by atoms with Gasteiger partial charge in [0.05, 0.1) is 12.8 Å². The molecule has 0 aliphatic carbocycles. The highest BCUT2D eigenvalue weighted by atomic mass is 16.5. The summed E-state index contributed by atoms with van der Waals surface area (Å²) in [6.45, 7) is 5.86. The molecule has 1 aliphatic rings. The van der Waals surface area contributed by atoms with Gasteiger partial charge in [0.1, 0.15) is 5.75 Å². The monoisotopic (exact) mass is 378 g/mol. The fourth-order valence-electron chi connectivity index (χ4n) is 4.03. The van der Waals surface area contributed by atoms with Gasteiger partial charge in [0.2, 0.25) is 5.91 Å².